The van der Waals surface area contributed by atoms with Crippen LogP contribution in [0.15, 0.2) is 36.5 Å². The summed E-state index contributed by atoms with van der Waals surface area (Å²) < 4.78 is 24.6. The molecule has 2 aliphatic rings. The normalized spacial score (nSPS) is 15.2. The summed E-state index contributed by atoms with van der Waals surface area (Å²) in [6, 6.07) is 9.56. The number of carbonyl (C=O) groups excluding carboxylic acids is 1. The van der Waals surface area contributed by atoms with Crippen molar-refractivity contribution >= 4 is 16.6 Å². The number of ether oxygens (including phenoxy) is 4. The zero-order valence-corrected chi connectivity index (χ0v) is 18.7. The lowest BCUT2D eigenvalue weighted by Crippen LogP contribution is -3.00. The molecule has 6 nitrogen and oxygen atoms in total. The van der Waals surface area contributed by atoms with Crippen LogP contribution in [-0.2, 0) is 5.54 Å². The van der Waals surface area contributed by atoms with Crippen molar-refractivity contribution in [1.29, 1.82) is 0 Å². The van der Waals surface area contributed by atoms with Crippen molar-refractivity contribution in [2.24, 2.45) is 0 Å². The van der Waals surface area contributed by atoms with Crippen LogP contribution in [0.3, 0.4) is 0 Å². The van der Waals surface area contributed by atoms with E-state index in [0.717, 1.165) is 29.2 Å². The van der Waals surface area contributed by atoms with E-state index in [9.17, 15) is 4.79 Å². The van der Waals surface area contributed by atoms with Crippen molar-refractivity contribution in [2.75, 3.05) is 21.0 Å². The monoisotopic (exact) mass is 441 g/mol. The number of hydrogen-bond acceptors (Lipinski definition) is 5. The lowest BCUT2D eigenvalue weighted by atomic mass is 9.75. The minimum atomic E-state index is -0.441. The predicted molar refractivity (Wildman–Crippen MR) is 111 cm³/mol. The summed E-state index contributed by atoms with van der Waals surface area (Å²) in [6.45, 7) is 4.48. The molecule has 0 radical (unpaired) electrons. The average molecular weight is 442 g/mol. The highest BCUT2D eigenvalue weighted by Gasteiger charge is 2.52. The number of carbonyl (C=O) groups is 1. The lowest BCUT2D eigenvalue weighted by Gasteiger charge is -2.34. The van der Waals surface area contributed by atoms with Gasteiger partial charge in [0.05, 0.1) is 25.2 Å². The van der Waals surface area contributed by atoms with Crippen LogP contribution in [-0.4, -0.2) is 26.8 Å². The van der Waals surface area contributed by atoms with Gasteiger partial charge in [0, 0.05) is 24.5 Å². The molecule has 162 valence electrons. The molecule has 0 bridgehead atoms. The first kappa shape index (κ1) is 21.2. The molecule has 0 saturated heterocycles. The van der Waals surface area contributed by atoms with E-state index >= 15 is 0 Å². The molecule has 3 heterocycles. The van der Waals surface area contributed by atoms with Gasteiger partial charge in [0.1, 0.15) is 0 Å². The van der Waals surface area contributed by atoms with Gasteiger partial charge in [-0.15, -0.1) is 0 Å². The van der Waals surface area contributed by atoms with Gasteiger partial charge in [-0.1, -0.05) is 13.8 Å². The van der Waals surface area contributed by atoms with E-state index in [0.29, 0.717) is 34.3 Å². The highest BCUT2D eigenvalue weighted by atomic mass is 35.5. The zero-order valence-electron chi connectivity index (χ0n) is 18.0. The molecule has 7 heteroatoms. The molecule has 2 aliphatic heterocycles. The van der Waals surface area contributed by atoms with Gasteiger partial charge in [-0.05, 0) is 29.7 Å². The molecule has 31 heavy (non-hydrogen) atoms. The molecule has 0 unspecified atom stereocenters. The third-order valence-corrected chi connectivity index (χ3v) is 6.55. The number of nitrogens with zero attached hydrogens (tertiary/aromatic N) is 1. The van der Waals surface area contributed by atoms with Crippen LogP contribution in [0.2, 0.25) is 0 Å². The summed E-state index contributed by atoms with van der Waals surface area (Å²) in [6.07, 6.45) is 3.59. The van der Waals surface area contributed by atoms with Crippen LogP contribution in [0.5, 0.6) is 23.0 Å². The smallest absolute Gasteiger partial charge is 0.262 e. The van der Waals surface area contributed by atoms with Gasteiger partial charge in [0.15, 0.2) is 34.7 Å². The molecule has 0 saturated carbocycles. The summed E-state index contributed by atoms with van der Waals surface area (Å²) in [5.74, 6) is 2.59. The van der Waals surface area contributed by atoms with E-state index < -0.39 is 5.54 Å². The molecule has 1 aromatic heterocycles. The number of rotatable bonds is 4. The summed E-state index contributed by atoms with van der Waals surface area (Å²) in [4.78, 5) is 13.8. The number of fused-ring (bicyclic) bond motifs is 5. The number of methoxy groups -OCH3 is 2. The topological polar surface area (TPSA) is 57.9 Å². The predicted octanol–water partition coefficient (Wildman–Crippen LogP) is 0.985. The Labute approximate surface area is 187 Å². The van der Waals surface area contributed by atoms with Crippen LogP contribution >= 0.6 is 0 Å². The number of halogens is 1. The van der Waals surface area contributed by atoms with Gasteiger partial charge in [0.2, 0.25) is 6.79 Å². The Morgan fingerprint density at radius 2 is 1.74 bits per heavy atom. The Hall–Kier alpha value is -2.99. The van der Waals surface area contributed by atoms with E-state index in [1.165, 1.54) is 0 Å². The average Bonchev–Trinajstić information content (AvgIpc) is 3.24. The summed E-state index contributed by atoms with van der Waals surface area (Å²) in [5.41, 5.74) is 1.76. The van der Waals surface area contributed by atoms with Crippen molar-refractivity contribution in [1.82, 2.24) is 0 Å². The maximum Gasteiger partial charge on any atom is 0.262 e. The minimum Gasteiger partial charge on any atom is -1.00 e. The highest BCUT2D eigenvalue weighted by molar-refractivity contribution is 6.16. The van der Waals surface area contributed by atoms with Gasteiger partial charge in [-0.3, -0.25) is 4.79 Å². The number of benzene rings is 2. The molecule has 0 fully saturated rings. The maximum absolute atomic E-state index is 13.8. The molecule has 5 rings (SSSR count). The van der Waals surface area contributed by atoms with Crippen LogP contribution in [0.4, 0.5) is 0 Å². The standard InChI is InChI=1S/C24H24NO5.ClH/c1-5-24(6-2)20-15(7-8-17(27-3)23(20)28-4)22(26)21-16-12-19-18(29-13-30-19)11-14(16)9-10-25(21)24;/h7-12H,5-6,13H2,1-4H3;1H/q+1;/p-1. The first-order chi connectivity index (χ1) is 14.6. The highest BCUT2D eigenvalue weighted by Crippen LogP contribution is 2.47. The first-order valence-electron chi connectivity index (χ1n) is 10.2. The van der Waals surface area contributed by atoms with Crippen molar-refractivity contribution in [2.45, 2.75) is 32.2 Å². The Morgan fingerprint density at radius 3 is 2.39 bits per heavy atom. The second-order valence-electron chi connectivity index (χ2n) is 7.62. The summed E-state index contributed by atoms with van der Waals surface area (Å²) >= 11 is 0. The maximum atomic E-state index is 13.8. The quantitative estimate of drug-likeness (QED) is 0.565. The fraction of sp³-hybridized carbons (Fsp3) is 0.333. The number of pyridine rings is 1. The summed E-state index contributed by atoms with van der Waals surface area (Å²) in [7, 11) is 3.24. The molecule has 3 aromatic rings. The van der Waals surface area contributed by atoms with E-state index in [4.69, 9.17) is 18.9 Å². The largest absolute Gasteiger partial charge is 1.00 e. The van der Waals surface area contributed by atoms with E-state index in [1.54, 1.807) is 20.3 Å². The fourth-order valence-corrected chi connectivity index (χ4v) is 5.02. The SMILES string of the molecule is CCC1(CC)c2c(ccc(OC)c2OC)C(=O)c2c3cc4c(cc3cc[n+]21)OCO4.[Cl-]. The van der Waals surface area contributed by atoms with Gasteiger partial charge in [-0.2, -0.15) is 4.57 Å². The van der Waals surface area contributed by atoms with Gasteiger partial charge in [-0.25, -0.2) is 0 Å². The molecular formula is C24H24ClNO5. The van der Waals surface area contributed by atoms with Gasteiger partial charge < -0.3 is 31.4 Å². The number of hydrogen-bond donors (Lipinski definition) is 0. The molecule has 0 amide bonds. The second-order valence-corrected chi connectivity index (χ2v) is 7.62. The van der Waals surface area contributed by atoms with Crippen LogP contribution in [0, 0.1) is 0 Å². The Bertz CT molecular complexity index is 1200. The summed E-state index contributed by atoms with van der Waals surface area (Å²) in [5, 5.41) is 1.81. The van der Waals surface area contributed by atoms with Crippen LogP contribution in [0.25, 0.3) is 10.8 Å². The number of aromatic nitrogens is 1. The third kappa shape index (κ3) is 2.71. The van der Waals surface area contributed by atoms with Gasteiger partial charge >= 0.3 is 0 Å². The Balaban J connectivity index is 0.00000231. The van der Waals surface area contributed by atoms with Crippen molar-refractivity contribution in [3.05, 3.63) is 53.3 Å². The molecule has 2 aromatic carbocycles. The Morgan fingerprint density at radius 1 is 1.03 bits per heavy atom. The molecule has 0 aliphatic carbocycles. The van der Waals surface area contributed by atoms with Crippen molar-refractivity contribution < 1.29 is 40.7 Å². The minimum absolute atomic E-state index is 0. The zero-order chi connectivity index (χ0) is 21.0. The van der Waals surface area contributed by atoms with Crippen LogP contribution in [0.1, 0.15) is 48.3 Å². The molecule has 0 atom stereocenters. The number of ketones is 1. The van der Waals surface area contributed by atoms with E-state index in [1.807, 2.05) is 30.5 Å². The Kier molecular flexibility index (Phi) is 5.21. The van der Waals surface area contributed by atoms with Crippen molar-refractivity contribution in [3.63, 3.8) is 0 Å². The van der Waals surface area contributed by atoms with E-state index in [2.05, 4.69) is 18.4 Å². The fourth-order valence-electron chi connectivity index (χ4n) is 5.02. The molecule has 0 N–H and O–H groups in total. The third-order valence-electron chi connectivity index (χ3n) is 6.55. The van der Waals surface area contributed by atoms with Crippen LogP contribution < -0.4 is 35.9 Å². The first-order valence-corrected chi connectivity index (χ1v) is 10.2. The van der Waals surface area contributed by atoms with Crippen molar-refractivity contribution in [3.8, 4) is 23.0 Å². The van der Waals surface area contributed by atoms with Gasteiger partial charge in [0.25, 0.3) is 11.5 Å². The van der Waals surface area contributed by atoms with E-state index in [-0.39, 0.29) is 25.0 Å². The second kappa shape index (κ2) is 7.61. The molecular weight excluding hydrogens is 418 g/mol. The lowest BCUT2D eigenvalue weighted by molar-refractivity contribution is -0.757. The molecule has 0 spiro atoms.